The Morgan fingerprint density at radius 2 is 0.833 bits per heavy atom. The van der Waals surface area contributed by atoms with E-state index in [9.17, 15) is 0 Å². The Balaban J connectivity index is 1.10. The van der Waals surface area contributed by atoms with Crippen LogP contribution in [0.5, 0.6) is 0 Å². The van der Waals surface area contributed by atoms with Crippen LogP contribution in [0.25, 0.3) is 0 Å². The molecule has 0 N–H and O–H groups in total. The van der Waals surface area contributed by atoms with Gasteiger partial charge in [-0.2, -0.15) is 0 Å². The summed E-state index contributed by atoms with van der Waals surface area (Å²) in [6.45, 7) is 1.79. The first-order valence-corrected chi connectivity index (χ1v) is 22.7. The number of fused-ring (bicyclic) bond motifs is 1. The molecule has 3 aliphatic heterocycles. The lowest BCUT2D eigenvalue weighted by molar-refractivity contribution is -0.517. The van der Waals surface area contributed by atoms with E-state index in [4.69, 9.17) is 52.1 Å². The molecule has 3 heterocycles. The predicted molar refractivity (Wildman–Crippen MR) is 245 cm³/mol. The van der Waals surface area contributed by atoms with Gasteiger partial charge in [0, 0.05) is 7.11 Å². The van der Waals surface area contributed by atoms with Crippen LogP contribution in [0.4, 0.5) is 0 Å². The van der Waals surface area contributed by atoms with Crippen LogP contribution in [0.2, 0.25) is 0 Å². The fourth-order valence-corrected chi connectivity index (χ4v) is 8.68. The smallest absolute Gasteiger partial charge is 0.314 e. The van der Waals surface area contributed by atoms with Gasteiger partial charge in [-0.3, -0.25) is 0 Å². The van der Waals surface area contributed by atoms with E-state index < -0.39 is 61.1 Å². The van der Waals surface area contributed by atoms with E-state index in [2.05, 4.69) is 0 Å². The van der Waals surface area contributed by atoms with Crippen LogP contribution in [0.15, 0.2) is 182 Å². The Bertz CT molecular complexity index is 2290. The Labute approximate surface area is 387 Å². The molecule has 0 aliphatic carbocycles. The first-order valence-electron chi connectivity index (χ1n) is 22.7. The van der Waals surface area contributed by atoms with Gasteiger partial charge in [-0.25, -0.2) is 0 Å². The molecule has 0 unspecified atom stereocenters. The minimum Gasteiger partial charge on any atom is -0.374 e. The average molecular weight is 895 g/mol. The number of hydrogen-bond acceptors (Lipinski definition) is 11. The molecule has 6 aromatic rings. The van der Waals surface area contributed by atoms with Gasteiger partial charge in [0.2, 0.25) is 0 Å². The van der Waals surface area contributed by atoms with E-state index >= 15 is 0 Å². The van der Waals surface area contributed by atoms with E-state index in [1.165, 1.54) is 0 Å². The summed E-state index contributed by atoms with van der Waals surface area (Å²) in [5.74, 6) is -1.87. The molecular weight excluding hydrogens is 837 g/mol. The average Bonchev–Trinajstić information content (AvgIpc) is 3.38. The fourth-order valence-electron chi connectivity index (χ4n) is 8.68. The standard InChI is InChI=1S/C55H58O11/c1-56-54-52(61-36-44-28-16-6-17-29-44)50(59-34-42-24-12-4-13-25-42)49-46(64-54)39-63-55(66-49)53(62-37-45-30-18-7-19-31-45)51(60-35-43-26-14-5-15-27-43)48(58-33-41-22-10-3-11-23-41)47(65-55)38-57-32-40-20-8-2-9-21-40/h2-31,46-54H,32-39H2,1H3/t46-,47-,48+,49+,50+,51+,52-,53-,54+,55+/m1/s1. The van der Waals surface area contributed by atoms with Crippen molar-refractivity contribution in [1.29, 1.82) is 0 Å². The van der Waals surface area contributed by atoms with E-state index in [-0.39, 0.29) is 46.2 Å². The lowest BCUT2D eigenvalue weighted by Crippen LogP contribution is -2.75. The van der Waals surface area contributed by atoms with Crippen molar-refractivity contribution in [2.45, 2.75) is 101 Å². The molecule has 0 bridgehead atoms. The first kappa shape index (κ1) is 46.0. The second kappa shape index (κ2) is 23.1. The molecule has 0 radical (unpaired) electrons. The number of rotatable bonds is 20. The minimum atomic E-state index is -1.87. The lowest BCUT2D eigenvalue weighted by atomic mass is 9.93. The van der Waals surface area contributed by atoms with Gasteiger partial charge in [0.25, 0.3) is 0 Å². The molecule has 0 amide bonds. The van der Waals surface area contributed by atoms with Crippen molar-refractivity contribution in [2.75, 3.05) is 20.3 Å². The van der Waals surface area contributed by atoms with E-state index in [0.717, 1.165) is 33.4 Å². The summed E-state index contributed by atoms with van der Waals surface area (Å²) in [6.07, 6.45) is -6.97. The van der Waals surface area contributed by atoms with Crippen molar-refractivity contribution >= 4 is 0 Å². The van der Waals surface area contributed by atoms with Crippen molar-refractivity contribution in [3.8, 4) is 0 Å². The lowest BCUT2D eigenvalue weighted by Gasteiger charge is -2.57. The van der Waals surface area contributed by atoms with Gasteiger partial charge in [-0.05, 0) is 33.4 Å². The monoisotopic (exact) mass is 894 g/mol. The van der Waals surface area contributed by atoms with Crippen molar-refractivity contribution in [1.82, 2.24) is 0 Å². The molecule has 66 heavy (non-hydrogen) atoms. The summed E-state index contributed by atoms with van der Waals surface area (Å²) in [4.78, 5) is 0. The van der Waals surface area contributed by atoms with Crippen LogP contribution in [0.3, 0.4) is 0 Å². The Hall–Kier alpha value is -5.12. The molecule has 3 fully saturated rings. The molecule has 10 atom stereocenters. The second-order valence-electron chi connectivity index (χ2n) is 16.7. The topological polar surface area (TPSA) is 102 Å². The third-order valence-electron chi connectivity index (χ3n) is 12.0. The highest BCUT2D eigenvalue weighted by Crippen LogP contribution is 2.45. The summed E-state index contributed by atoms with van der Waals surface area (Å²) in [5.41, 5.74) is 5.91. The van der Waals surface area contributed by atoms with Gasteiger partial charge in [-0.1, -0.05) is 182 Å². The van der Waals surface area contributed by atoms with Crippen LogP contribution in [-0.4, -0.2) is 81.4 Å². The zero-order valence-corrected chi connectivity index (χ0v) is 37.2. The van der Waals surface area contributed by atoms with E-state index in [1.807, 2.05) is 182 Å². The number of ether oxygens (including phenoxy) is 11. The van der Waals surface area contributed by atoms with Gasteiger partial charge in [0.05, 0.1) is 52.9 Å². The SMILES string of the molecule is CO[C@H]1O[C@@H]2CO[C@]3(O[C@@H]2[C@H](OCc2ccccc2)[C@H]1OCc1ccccc1)O[C@H](COCc1ccccc1)[C@H](OCc1ccccc1)[C@H](OCc1ccccc1)[C@H]3OCc1ccccc1. The Morgan fingerprint density at radius 3 is 1.29 bits per heavy atom. The zero-order chi connectivity index (χ0) is 44.8. The van der Waals surface area contributed by atoms with Gasteiger partial charge >= 0.3 is 5.97 Å². The minimum absolute atomic E-state index is 0.0465. The highest BCUT2D eigenvalue weighted by Gasteiger charge is 2.65. The number of methoxy groups -OCH3 is 1. The quantitative estimate of drug-likeness (QED) is 0.0735. The maximum Gasteiger partial charge on any atom is 0.314 e. The molecule has 11 heteroatoms. The summed E-state index contributed by atoms with van der Waals surface area (Å²) in [6, 6.07) is 60.1. The van der Waals surface area contributed by atoms with Crippen molar-refractivity contribution in [2.24, 2.45) is 0 Å². The fraction of sp³-hybridized carbons (Fsp3) is 0.345. The van der Waals surface area contributed by atoms with Gasteiger partial charge in [-0.15, -0.1) is 0 Å². The summed E-state index contributed by atoms with van der Waals surface area (Å²) in [7, 11) is 1.60. The number of hydrogen-bond donors (Lipinski definition) is 0. The van der Waals surface area contributed by atoms with Gasteiger partial charge < -0.3 is 52.1 Å². The summed E-state index contributed by atoms with van der Waals surface area (Å²) in [5, 5.41) is 0. The van der Waals surface area contributed by atoms with Crippen molar-refractivity contribution in [3.05, 3.63) is 215 Å². The van der Waals surface area contributed by atoms with Crippen LogP contribution >= 0.6 is 0 Å². The van der Waals surface area contributed by atoms with Crippen LogP contribution < -0.4 is 0 Å². The first-order chi connectivity index (χ1) is 32.6. The zero-order valence-electron chi connectivity index (χ0n) is 37.2. The third-order valence-corrected chi connectivity index (χ3v) is 12.0. The Kier molecular flexibility index (Phi) is 16.1. The summed E-state index contributed by atoms with van der Waals surface area (Å²) >= 11 is 0. The van der Waals surface area contributed by atoms with Gasteiger partial charge in [0.1, 0.15) is 42.7 Å². The molecule has 3 aliphatic rings. The number of benzene rings is 6. The molecule has 1 spiro atoms. The molecule has 3 saturated heterocycles. The van der Waals surface area contributed by atoms with E-state index in [1.54, 1.807) is 7.11 Å². The third kappa shape index (κ3) is 11.7. The molecule has 11 nitrogen and oxygen atoms in total. The maximum atomic E-state index is 7.34. The maximum absolute atomic E-state index is 7.34. The molecular formula is C55H58O11. The van der Waals surface area contributed by atoms with Crippen molar-refractivity contribution < 1.29 is 52.1 Å². The normalized spacial score (nSPS) is 27.3. The molecule has 9 rings (SSSR count). The Morgan fingerprint density at radius 1 is 0.439 bits per heavy atom. The van der Waals surface area contributed by atoms with Crippen LogP contribution in [0.1, 0.15) is 33.4 Å². The highest BCUT2D eigenvalue weighted by atomic mass is 16.9. The highest BCUT2D eigenvalue weighted by molar-refractivity contribution is 5.18. The van der Waals surface area contributed by atoms with Gasteiger partial charge in [0.15, 0.2) is 12.4 Å². The van der Waals surface area contributed by atoms with E-state index in [0.29, 0.717) is 6.61 Å². The molecule has 0 saturated carbocycles. The molecule has 344 valence electrons. The molecule has 6 aromatic carbocycles. The second-order valence-corrected chi connectivity index (χ2v) is 16.7. The van der Waals surface area contributed by atoms with Crippen molar-refractivity contribution in [3.63, 3.8) is 0 Å². The predicted octanol–water partition coefficient (Wildman–Crippen LogP) is 8.97. The van der Waals surface area contributed by atoms with Crippen LogP contribution in [0, 0.1) is 0 Å². The largest absolute Gasteiger partial charge is 0.374 e. The molecule has 0 aromatic heterocycles. The van der Waals surface area contributed by atoms with Crippen LogP contribution in [-0.2, 0) is 91.7 Å². The summed E-state index contributed by atoms with van der Waals surface area (Å²) < 4.78 is 75.2.